The number of aldehydes is 1. The lowest BCUT2D eigenvalue weighted by Gasteiger charge is -2.15. The predicted octanol–water partition coefficient (Wildman–Crippen LogP) is 5.64. The molecule has 0 aliphatic heterocycles. The first-order valence-corrected chi connectivity index (χ1v) is 8.07. The van der Waals surface area contributed by atoms with E-state index in [2.05, 4.69) is 4.74 Å². The Kier molecular flexibility index (Phi) is 5.45. The average Bonchev–Trinajstić information content (AvgIpc) is 2.66. The minimum Gasteiger partial charge on any atom is -0.489 e. The lowest BCUT2D eigenvalue weighted by molar-refractivity contribution is -0.274. The largest absolute Gasteiger partial charge is 0.573 e. The van der Waals surface area contributed by atoms with Crippen molar-refractivity contribution in [3.05, 3.63) is 83.9 Å². The third kappa shape index (κ3) is 5.10. The van der Waals surface area contributed by atoms with E-state index in [9.17, 15) is 18.0 Å². The van der Waals surface area contributed by atoms with Gasteiger partial charge in [-0.2, -0.15) is 0 Å². The van der Waals surface area contributed by atoms with Crippen molar-refractivity contribution in [3.63, 3.8) is 0 Å². The number of hydrogen-bond acceptors (Lipinski definition) is 3. The van der Waals surface area contributed by atoms with E-state index in [-0.39, 0.29) is 16.9 Å². The van der Waals surface area contributed by atoms with Gasteiger partial charge < -0.3 is 9.47 Å². The van der Waals surface area contributed by atoms with Gasteiger partial charge in [0.2, 0.25) is 0 Å². The molecule has 3 nitrogen and oxygen atoms in total. The van der Waals surface area contributed by atoms with Crippen LogP contribution in [-0.4, -0.2) is 12.6 Å². The first kappa shape index (κ1) is 18.5. The minimum atomic E-state index is -4.83. The second-order valence-electron chi connectivity index (χ2n) is 5.72. The summed E-state index contributed by atoms with van der Waals surface area (Å²) in [5.41, 5.74) is 1.81. The van der Waals surface area contributed by atoms with Crippen LogP contribution in [0, 0.1) is 0 Å². The van der Waals surface area contributed by atoms with E-state index < -0.39 is 6.36 Å². The van der Waals surface area contributed by atoms with Gasteiger partial charge in [0, 0.05) is 11.1 Å². The number of benzene rings is 3. The number of alkyl halides is 3. The molecule has 0 heterocycles. The highest BCUT2D eigenvalue weighted by molar-refractivity contribution is 5.81. The summed E-state index contributed by atoms with van der Waals surface area (Å²) in [4.78, 5) is 11.0. The summed E-state index contributed by atoms with van der Waals surface area (Å²) < 4.78 is 47.9. The van der Waals surface area contributed by atoms with Gasteiger partial charge in [-0.05, 0) is 41.5 Å². The maximum atomic E-state index is 12.7. The van der Waals surface area contributed by atoms with Gasteiger partial charge in [0.25, 0.3) is 0 Å². The predicted molar refractivity (Wildman–Crippen MR) is 94.7 cm³/mol. The zero-order chi connectivity index (χ0) is 19.3. The number of ether oxygens (including phenoxy) is 2. The number of carbonyl (C=O) groups is 1. The topological polar surface area (TPSA) is 35.5 Å². The summed E-state index contributed by atoms with van der Waals surface area (Å²) in [5, 5.41) is 0. The van der Waals surface area contributed by atoms with Gasteiger partial charge in [-0.3, -0.25) is 4.79 Å². The van der Waals surface area contributed by atoms with Crippen LogP contribution in [0.1, 0.15) is 15.9 Å². The fourth-order valence-electron chi connectivity index (χ4n) is 2.55. The lowest BCUT2D eigenvalue weighted by Crippen LogP contribution is -2.17. The summed E-state index contributed by atoms with van der Waals surface area (Å²) in [5.74, 6) is 0.110. The maximum Gasteiger partial charge on any atom is 0.573 e. The van der Waals surface area contributed by atoms with Crippen LogP contribution in [0.4, 0.5) is 13.2 Å². The summed E-state index contributed by atoms with van der Waals surface area (Å²) >= 11 is 0. The summed E-state index contributed by atoms with van der Waals surface area (Å²) in [6, 6.07) is 19.9. The van der Waals surface area contributed by atoms with E-state index >= 15 is 0 Å². The van der Waals surface area contributed by atoms with Crippen LogP contribution in [0.25, 0.3) is 11.1 Å². The molecule has 0 N–H and O–H groups in total. The third-order valence-corrected chi connectivity index (χ3v) is 3.76. The standard InChI is InChI=1S/C21H15F3O3/c22-21(23,24)27-20-10-9-16(13-25)11-19(20)17-7-4-8-18(12-17)26-14-15-5-2-1-3-6-15/h1-13H,14H2. The van der Waals surface area contributed by atoms with Crippen LogP contribution >= 0.6 is 0 Å². The van der Waals surface area contributed by atoms with Crippen molar-refractivity contribution in [3.8, 4) is 22.6 Å². The molecule has 0 atom stereocenters. The minimum absolute atomic E-state index is 0.155. The average molecular weight is 372 g/mol. The van der Waals surface area contributed by atoms with Gasteiger partial charge in [-0.15, -0.1) is 13.2 Å². The molecule has 27 heavy (non-hydrogen) atoms. The molecule has 0 unspecified atom stereocenters. The molecule has 0 bridgehead atoms. The molecular formula is C21H15F3O3. The Morgan fingerprint density at radius 1 is 0.889 bits per heavy atom. The van der Waals surface area contributed by atoms with Crippen LogP contribution in [0.2, 0.25) is 0 Å². The SMILES string of the molecule is O=Cc1ccc(OC(F)(F)F)c(-c2cccc(OCc3ccccc3)c2)c1. The van der Waals surface area contributed by atoms with Crippen LogP contribution in [0.15, 0.2) is 72.8 Å². The molecule has 0 fully saturated rings. The van der Waals surface area contributed by atoms with Crippen molar-refractivity contribution in [1.29, 1.82) is 0 Å². The van der Waals surface area contributed by atoms with Gasteiger partial charge in [0.1, 0.15) is 24.4 Å². The number of rotatable bonds is 6. The zero-order valence-corrected chi connectivity index (χ0v) is 14.1. The van der Waals surface area contributed by atoms with E-state index in [0.717, 1.165) is 11.6 Å². The monoisotopic (exact) mass is 372 g/mol. The normalized spacial score (nSPS) is 11.1. The number of halogens is 3. The van der Waals surface area contributed by atoms with Crippen molar-refractivity contribution in [2.45, 2.75) is 13.0 Å². The van der Waals surface area contributed by atoms with E-state index in [1.807, 2.05) is 30.3 Å². The first-order chi connectivity index (χ1) is 12.9. The molecule has 0 aromatic heterocycles. The van der Waals surface area contributed by atoms with E-state index in [1.54, 1.807) is 24.3 Å². The summed E-state index contributed by atoms with van der Waals surface area (Å²) in [7, 11) is 0. The molecule has 0 radical (unpaired) electrons. The van der Waals surface area contributed by atoms with Crippen molar-refractivity contribution < 1.29 is 27.4 Å². The summed E-state index contributed by atoms with van der Waals surface area (Å²) in [6.45, 7) is 0.324. The molecule has 3 aromatic carbocycles. The van der Waals surface area contributed by atoms with Crippen LogP contribution in [0.3, 0.4) is 0 Å². The molecule has 6 heteroatoms. The fourth-order valence-corrected chi connectivity index (χ4v) is 2.55. The van der Waals surface area contributed by atoms with Crippen molar-refractivity contribution in [1.82, 2.24) is 0 Å². The van der Waals surface area contributed by atoms with E-state index in [0.29, 0.717) is 24.2 Å². The number of hydrogen-bond donors (Lipinski definition) is 0. The Morgan fingerprint density at radius 2 is 1.67 bits per heavy atom. The second-order valence-corrected chi connectivity index (χ2v) is 5.72. The Hall–Kier alpha value is -3.28. The van der Waals surface area contributed by atoms with Crippen LogP contribution in [0.5, 0.6) is 11.5 Å². The molecule has 0 saturated carbocycles. The maximum absolute atomic E-state index is 12.7. The van der Waals surface area contributed by atoms with Gasteiger partial charge in [0.05, 0.1) is 0 Å². The fraction of sp³-hybridized carbons (Fsp3) is 0.0952. The van der Waals surface area contributed by atoms with Crippen LogP contribution in [-0.2, 0) is 6.61 Å². The van der Waals surface area contributed by atoms with Gasteiger partial charge in [0.15, 0.2) is 0 Å². The highest BCUT2D eigenvalue weighted by Gasteiger charge is 2.32. The molecule has 0 aliphatic carbocycles. The highest BCUT2D eigenvalue weighted by Crippen LogP contribution is 2.35. The summed E-state index contributed by atoms with van der Waals surface area (Å²) in [6.07, 6.45) is -4.27. The van der Waals surface area contributed by atoms with E-state index in [4.69, 9.17) is 4.74 Å². The molecule has 3 aromatic rings. The first-order valence-electron chi connectivity index (χ1n) is 8.07. The molecule has 0 aliphatic rings. The highest BCUT2D eigenvalue weighted by atomic mass is 19.4. The Balaban J connectivity index is 1.90. The zero-order valence-electron chi connectivity index (χ0n) is 14.1. The van der Waals surface area contributed by atoms with Crippen molar-refractivity contribution in [2.24, 2.45) is 0 Å². The Morgan fingerprint density at radius 3 is 2.37 bits per heavy atom. The van der Waals surface area contributed by atoms with Gasteiger partial charge in [-0.25, -0.2) is 0 Å². The second kappa shape index (κ2) is 7.95. The lowest BCUT2D eigenvalue weighted by atomic mass is 10.0. The number of carbonyl (C=O) groups excluding carboxylic acids is 1. The smallest absolute Gasteiger partial charge is 0.489 e. The third-order valence-electron chi connectivity index (χ3n) is 3.76. The van der Waals surface area contributed by atoms with Crippen molar-refractivity contribution in [2.75, 3.05) is 0 Å². The molecule has 3 rings (SSSR count). The van der Waals surface area contributed by atoms with E-state index in [1.165, 1.54) is 12.1 Å². The Bertz CT molecular complexity index is 921. The molecule has 0 saturated heterocycles. The Labute approximate surface area is 154 Å². The van der Waals surface area contributed by atoms with Crippen molar-refractivity contribution >= 4 is 6.29 Å². The van der Waals surface area contributed by atoms with Gasteiger partial charge in [-0.1, -0.05) is 42.5 Å². The quantitative estimate of drug-likeness (QED) is 0.525. The van der Waals surface area contributed by atoms with Crippen LogP contribution < -0.4 is 9.47 Å². The van der Waals surface area contributed by atoms with Gasteiger partial charge >= 0.3 is 6.36 Å². The molecule has 0 amide bonds. The molecule has 0 spiro atoms. The molecular weight excluding hydrogens is 357 g/mol. The molecule has 138 valence electrons.